The molecule has 3 nitrogen and oxygen atoms in total. The van der Waals surface area contributed by atoms with Gasteiger partial charge in [0.15, 0.2) is 0 Å². The van der Waals surface area contributed by atoms with Gasteiger partial charge in [-0.3, -0.25) is 0 Å². The molecule has 2 aliphatic carbocycles. The predicted molar refractivity (Wildman–Crippen MR) is 73.7 cm³/mol. The van der Waals surface area contributed by atoms with Crippen LogP contribution in [0.3, 0.4) is 0 Å². The number of hydrogen-bond donors (Lipinski definition) is 1. The zero-order chi connectivity index (χ0) is 13.1. The molecule has 0 aromatic rings. The SMILES string of the molecule is CCOC1C(NC)CC1OC1CCC(C)C(C)C1. The van der Waals surface area contributed by atoms with Crippen LogP contribution in [0, 0.1) is 11.8 Å². The van der Waals surface area contributed by atoms with E-state index in [1.54, 1.807) is 0 Å². The highest BCUT2D eigenvalue weighted by molar-refractivity contribution is 4.97. The molecule has 18 heavy (non-hydrogen) atoms. The van der Waals surface area contributed by atoms with Crippen molar-refractivity contribution < 1.29 is 9.47 Å². The Bertz CT molecular complexity index is 259. The fourth-order valence-corrected chi connectivity index (χ4v) is 3.28. The van der Waals surface area contributed by atoms with Gasteiger partial charge in [0.25, 0.3) is 0 Å². The van der Waals surface area contributed by atoms with Crippen LogP contribution in [-0.2, 0) is 9.47 Å². The van der Waals surface area contributed by atoms with Gasteiger partial charge in [-0.2, -0.15) is 0 Å². The Morgan fingerprint density at radius 3 is 2.50 bits per heavy atom. The maximum atomic E-state index is 6.28. The molecule has 2 fully saturated rings. The summed E-state index contributed by atoms with van der Waals surface area (Å²) in [6.07, 6.45) is 5.89. The average Bonchev–Trinajstić information content (AvgIpc) is 2.35. The van der Waals surface area contributed by atoms with Gasteiger partial charge >= 0.3 is 0 Å². The van der Waals surface area contributed by atoms with Crippen molar-refractivity contribution in [2.45, 2.75) is 70.8 Å². The third-order valence-corrected chi connectivity index (χ3v) is 4.90. The summed E-state index contributed by atoms with van der Waals surface area (Å²) < 4.78 is 12.1. The number of hydrogen-bond acceptors (Lipinski definition) is 3. The summed E-state index contributed by atoms with van der Waals surface area (Å²) >= 11 is 0. The summed E-state index contributed by atoms with van der Waals surface area (Å²) in [6.45, 7) is 7.56. The summed E-state index contributed by atoms with van der Waals surface area (Å²) in [5.41, 5.74) is 0. The van der Waals surface area contributed by atoms with Crippen LogP contribution in [0.25, 0.3) is 0 Å². The quantitative estimate of drug-likeness (QED) is 0.819. The molecular weight excluding hydrogens is 226 g/mol. The van der Waals surface area contributed by atoms with Crippen LogP contribution < -0.4 is 5.32 Å². The van der Waals surface area contributed by atoms with Crippen molar-refractivity contribution in [1.82, 2.24) is 5.32 Å². The molecule has 0 amide bonds. The standard InChI is InChI=1S/C15H29NO2/c1-5-17-15-13(16-4)9-14(15)18-12-7-6-10(2)11(3)8-12/h10-16H,5-9H2,1-4H3. The summed E-state index contributed by atoms with van der Waals surface area (Å²) in [4.78, 5) is 0. The van der Waals surface area contributed by atoms with Crippen LogP contribution in [0.4, 0.5) is 0 Å². The van der Waals surface area contributed by atoms with Crippen LogP contribution in [0.5, 0.6) is 0 Å². The zero-order valence-corrected chi connectivity index (χ0v) is 12.3. The first kappa shape index (κ1) is 14.3. The highest BCUT2D eigenvalue weighted by atomic mass is 16.6. The lowest BCUT2D eigenvalue weighted by atomic mass is 9.79. The van der Waals surface area contributed by atoms with E-state index in [1.807, 2.05) is 7.05 Å². The molecule has 0 heterocycles. The van der Waals surface area contributed by atoms with E-state index >= 15 is 0 Å². The number of rotatable bonds is 5. The van der Waals surface area contributed by atoms with Crippen molar-refractivity contribution in [3.8, 4) is 0 Å². The van der Waals surface area contributed by atoms with Gasteiger partial charge in [0.2, 0.25) is 0 Å². The molecule has 106 valence electrons. The third-order valence-electron chi connectivity index (χ3n) is 4.90. The fourth-order valence-electron chi connectivity index (χ4n) is 3.28. The molecule has 0 radical (unpaired) electrons. The summed E-state index contributed by atoms with van der Waals surface area (Å²) in [5, 5.41) is 3.31. The lowest BCUT2D eigenvalue weighted by molar-refractivity contribution is -0.174. The molecule has 0 aliphatic heterocycles. The highest BCUT2D eigenvalue weighted by Crippen LogP contribution is 2.35. The number of likely N-dealkylation sites (N-methyl/N-ethyl adjacent to an activating group) is 1. The van der Waals surface area contributed by atoms with Gasteiger partial charge in [-0.05, 0) is 51.5 Å². The van der Waals surface area contributed by atoms with Gasteiger partial charge in [-0.1, -0.05) is 13.8 Å². The first-order valence-corrected chi connectivity index (χ1v) is 7.60. The molecule has 3 heteroatoms. The minimum absolute atomic E-state index is 0.259. The second-order valence-corrected chi connectivity index (χ2v) is 6.11. The Morgan fingerprint density at radius 1 is 1.11 bits per heavy atom. The molecule has 0 aromatic carbocycles. The molecule has 1 N–H and O–H groups in total. The zero-order valence-electron chi connectivity index (χ0n) is 12.3. The van der Waals surface area contributed by atoms with E-state index in [2.05, 4.69) is 26.1 Å². The summed E-state index contributed by atoms with van der Waals surface area (Å²) in [6, 6.07) is 0.481. The van der Waals surface area contributed by atoms with Crippen molar-refractivity contribution >= 4 is 0 Å². The van der Waals surface area contributed by atoms with Crippen molar-refractivity contribution in [1.29, 1.82) is 0 Å². The molecule has 0 bridgehead atoms. The lowest BCUT2D eigenvalue weighted by Gasteiger charge is -2.46. The smallest absolute Gasteiger partial charge is 0.0990 e. The summed E-state index contributed by atoms with van der Waals surface area (Å²) in [5.74, 6) is 1.66. The maximum Gasteiger partial charge on any atom is 0.0990 e. The van der Waals surface area contributed by atoms with Crippen LogP contribution in [-0.4, -0.2) is 38.0 Å². The van der Waals surface area contributed by atoms with Crippen LogP contribution in [0.15, 0.2) is 0 Å². The molecule has 2 saturated carbocycles. The van der Waals surface area contributed by atoms with E-state index in [0.29, 0.717) is 18.2 Å². The van der Waals surface area contributed by atoms with E-state index < -0.39 is 0 Å². The number of ether oxygens (including phenoxy) is 2. The lowest BCUT2D eigenvalue weighted by Crippen LogP contribution is -2.60. The minimum Gasteiger partial charge on any atom is -0.374 e. The molecule has 0 aromatic heterocycles. The monoisotopic (exact) mass is 255 g/mol. The third kappa shape index (κ3) is 3.06. The molecule has 2 rings (SSSR count). The minimum atomic E-state index is 0.259. The molecular formula is C15H29NO2. The molecule has 0 saturated heterocycles. The van der Waals surface area contributed by atoms with Crippen molar-refractivity contribution in [2.75, 3.05) is 13.7 Å². The normalized spacial score (nSPS) is 44.7. The Kier molecular flexibility index (Phi) is 5.05. The van der Waals surface area contributed by atoms with Gasteiger partial charge < -0.3 is 14.8 Å². The van der Waals surface area contributed by atoms with Crippen molar-refractivity contribution in [3.63, 3.8) is 0 Å². The van der Waals surface area contributed by atoms with E-state index in [-0.39, 0.29) is 6.10 Å². The predicted octanol–water partition coefficient (Wildman–Crippen LogP) is 2.59. The van der Waals surface area contributed by atoms with Gasteiger partial charge in [0.05, 0.1) is 18.3 Å². The van der Waals surface area contributed by atoms with E-state index in [4.69, 9.17) is 9.47 Å². The maximum absolute atomic E-state index is 6.28. The Morgan fingerprint density at radius 2 is 1.89 bits per heavy atom. The van der Waals surface area contributed by atoms with Gasteiger partial charge in [0.1, 0.15) is 0 Å². The molecule has 0 spiro atoms. The first-order valence-electron chi connectivity index (χ1n) is 7.60. The van der Waals surface area contributed by atoms with Crippen LogP contribution >= 0.6 is 0 Å². The highest BCUT2D eigenvalue weighted by Gasteiger charge is 2.43. The van der Waals surface area contributed by atoms with Crippen LogP contribution in [0.2, 0.25) is 0 Å². The van der Waals surface area contributed by atoms with Crippen molar-refractivity contribution in [2.24, 2.45) is 11.8 Å². The summed E-state index contributed by atoms with van der Waals surface area (Å²) in [7, 11) is 2.01. The Hall–Kier alpha value is -0.120. The Balaban J connectivity index is 1.79. The molecule has 2 aliphatic rings. The van der Waals surface area contributed by atoms with E-state index in [0.717, 1.165) is 24.9 Å². The Labute approximate surface area is 112 Å². The van der Waals surface area contributed by atoms with Gasteiger partial charge in [0, 0.05) is 12.6 Å². The van der Waals surface area contributed by atoms with Gasteiger partial charge in [-0.15, -0.1) is 0 Å². The number of nitrogens with one attached hydrogen (secondary N) is 1. The van der Waals surface area contributed by atoms with Crippen molar-refractivity contribution in [3.05, 3.63) is 0 Å². The molecule has 6 unspecified atom stereocenters. The average molecular weight is 255 g/mol. The largest absolute Gasteiger partial charge is 0.374 e. The van der Waals surface area contributed by atoms with Gasteiger partial charge in [-0.25, -0.2) is 0 Å². The first-order chi connectivity index (χ1) is 8.65. The second-order valence-electron chi connectivity index (χ2n) is 6.11. The van der Waals surface area contributed by atoms with E-state index in [9.17, 15) is 0 Å². The fraction of sp³-hybridized carbons (Fsp3) is 1.00. The van der Waals surface area contributed by atoms with E-state index in [1.165, 1.54) is 19.3 Å². The second kappa shape index (κ2) is 6.36. The molecule has 6 atom stereocenters. The topological polar surface area (TPSA) is 30.5 Å². The van der Waals surface area contributed by atoms with Crippen LogP contribution in [0.1, 0.15) is 46.5 Å².